The molecule has 2 rings (SSSR count). The fraction of sp³-hybridized carbons (Fsp3) is 0.308. The Hall–Kier alpha value is -2.60. The quantitative estimate of drug-likeness (QED) is 0.863. The van der Waals surface area contributed by atoms with Crippen LogP contribution in [0.2, 0.25) is 0 Å². The summed E-state index contributed by atoms with van der Waals surface area (Å²) in [5, 5.41) is 4.27. The number of aryl methyl sites for hydroxylation is 2. The van der Waals surface area contributed by atoms with Crippen LogP contribution in [0.1, 0.15) is 12.6 Å². The van der Waals surface area contributed by atoms with E-state index >= 15 is 0 Å². The molecule has 0 spiro atoms. The minimum atomic E-state index is -2.86. The van der Waals surface area contributed by atoms with Crippen molar-refractivity contribution in [3.63, 3.8) is 0 Å². The second kappa shape index (κ2) is 7.86. The lowest BCUT2D eigenvalue weighted by Gasteiger charge is -2.09. The summed E-state index contributed by atoms with van der Waals surface area (Å²) in [5.74, 6) is 0.102. The summed E-state index contributed by atoms with van der Waals surface area (Å²) in [5.41, 5.74) is 2.10. The van der Waals surface area contributed by atoms with Gasteiger partial charge in [-0.1, -0.05) is 6.92 Å². The van der Waals surface area contributed by atoms with E-state index < -0.39 is 6.61 Å². The van der Waals surface area contributed by atoms with Gasteiger partial charge >= 0.3 is 12.8 Å². The van der Waals surface area contributed by atoms with Crippen LogP contribution in [0.5, 0.6) is 5.75 Å². The van der Waals surface area contributed by atoms with Gasteiger partial charge in [0.15, 0.2) is 0 Å². The Kier molecular flexibility index (Phi) is 6.16. The van der Waals surface area contributed by atoms with Crippen LogP contribution < -0.4 is 4.74 Å². The van der Waals surface area contributed by atoms with E-state index in [0.717, 1.165) is 12.1 Å². The molecule has 2 heterocycles. The maximum absolute atomic E-state index is 12.3. The van der Waals surface area contributed by atoms with E-state index in [2.05, 4.69) is 14.8 Å². The fourth-order valence-corrected chi connectivity index (χ4v) is 1.72. The zero-order valence-corrected chi connectivity index (χ0v) is 11.4. The third-order valence-electron chi connectivity index (χ3n) is 2.57. The zero-order chi connectivity index (χ0) is 15.8. The number of pyridine rings is 1. The highest BCUT2D eigenvalue weighted by Crippen LogP contribution is 2.30. The second-order valence-electron chi connectivity index (χ2n) is 3.83. The molecule has 2 aromatic rings. The molecule has 0 saturated carbocycles. The molecule has 2 aromatic heterocycles. The van der Waals surface area contributed by atoms with Crippen LogP contribution in [0.3, 0.4) is 0 Å². The van der Waals surface area contributed by atoms with E-state index in [9.17, 15) is 8.78 Å². The van der Waals surface area contributed by atoms with Gasteiger partial charge in [-0.3, -0.25) is 9.67 Å². The van der Waals surface area contributed by atoms with E-state index in [1.54, 1.807) is 11.7 Å². The monoisotopic (exact) mass is 297 g/mol. The van der Waals surface area contributed by atoms with Gasteiger partial charge in [-0.25, -0.2) is 0 Å². The van der Waals surface area contributed by atoms with Gasteiger partial charge in [-0.2, -0.15) is 23.5 Å². The fourth-order valence-electron chi connectivity index (χ4n) is 1.72. The van der Waals surface area contributed by atoms with Crippen LogP contribution in [-0.2, 0) is 23.1 Å². The Labute approximate surface area is 119 Å². The molecule has 0 saturated heterocycles. The summed E-state index contributed by atoms with van der Waals surface area (Å²) >= 11 is 0. The smallest absolute Gasteiger partial charge is 0.387 e. The van der Waals surface area contributed by atoms with E-state index in [1.807, 2.05) is 13.0 Å². The number of hydrogen-bond acceptors (Lipinski definition) is 5. The normalized spacial score (nSPS) is 9.76. The number of nitrogens with zero attached hydrogens (tertiary/aromatic N) is 3. The molecule has 0 unspecified atom stereocenters. The Morgan fingerprint density at radius 2 is 2.10 bits per heavy atom. The summed E-state index contributed by atoms with van der Waals surface area (Å²) in [4.78, 5) is 20.2. The second-order valence-corrected chi connectivity index (χ2v) is 3.83. The molecular formula is C13H13F2N3O3. The van der Waals surface area contributed by atoms with Crippen molar-refractivity contribution >= 4 is 6.15 Å². The van der Waals surface area contributed by atoms with Gasteiger partial charge in [-0.05, 0) is 18.6 Å². The standard InChI is InChI=1S/C12H13F2N3O.CO2/c1-3-8-6-10(17(2)16-8)9-7-15-5-4-11(9)18-12(13)14;2-1-3/h4-7,12H,3H2,1-2H3;. The predicted octanol–water partition coefficient (Wildman–Crippen LogP) is 2.06. The maximum atomic E-state index is 12.3. The molecule has 112 valence electrons. The Bertz CT molecular complexity index is 623. The van der Waals surface area contributed by atoms with E-state index in [0.29, 0.717) is 11.3 Å². The van der Waals surface area contributed by atoms with E-state index in [1.165, 1.54) is 18.5 Å². The van der Waals surface area contributed by atoms with Crippen molar-refractivity contribution in [1.29, 1.82) is 0 Å². The molecule has 0 aliphatic heterocycles. The molecule has 0 amide bonds. The maximum Gasteiger partial charge on any atom is 0.387 e. The van der Waals surface area contributed by atoms with Gasteiger partial charge in [-0.15, -0.1) is 0 Å². The van der Waals surface area contributed by atoms with Gasteiger partial charge in [0.25, 0.3) is 0 Å². The number of aromatic nitrogens is 3. The molecule has 21 heavy (non-hydrogen) atoms. The summed E-state index contributed by atoms with van der Waals surface area (Å²) in [6.07, 6.45) is 3.94. The first kappa shape index (κ1) is 16.5. The van der Waals surface area contributed by atoms with Crippen LogP contribution in [0.4, 0.5) is 8.78 Å². The lowest BCUT2D eigenvalue weighted by Crippen LogP contribution is -2.04. The molecule has 8 heteroatoms. The van der Waals surface area contributed by atoms with Gasteiger partial charge < -0.3 is 4.74 Å². The highest BCUT2D eigenvalue weighted by Gasteiger charge is 2.14. The van der Waals surface area contributed by atoms with Gasteiger partial charge in [0, 0.05) is 19.4 Å². The van der Waals surface area contributed by atoms with Crippen molar-refractivity contribution < 1.29 is 23.1 Å². The largest absolute Gasteiger partial charge is 0.434 e. The van der Waals surface area contributed by atoms with E-state index in [-0.39, 0.29) is 11.9 Å². The van der Waals surface area contributed by atoms with Gasteiger partial charge in [0.05, 0.1) is 17.0 Å². The Morgan fingerprint density at radius 1 is 1.43 bits per heavy atom. The summed E-state index contributed by atoms with van der Waals surface area (Å²) < 4.78 is 30.8. The van der Waals surface area contributed by atoms with Crippen LogP contribution in [0, 0.1) is 0 Å². The van der Waals surface area contributed by atoms with Crippen molar-refractivity contribution in [3.05, 3.63) is 30.2 Å². The first-order chi connectivity index (χ1) is 10.0. The first-order valence-electron chi connectivity index (χ1n) is 5.94. The number of rotatable bonds is 4. The summed E-state index contributed by atoms with van der Waals surface area (Å²) in [7, 11) is 1.76. The molecule has 0 aromatic carbocycles. The molecule has 6 nitrogen and oxygen atoms in total. The van der Waals surface area contributed by atoms with Gasteiger partial charge in [0.2, 0.25) is 0 Å². The Morgan fingerprint density at radius 3 is 2.62 bits per heavy atom. The highest BCUT2D eigenvalue weighted by atomic mass is 19.3. The molecule has 0 aliphatic rings. The van der Waals surface area contributed by atoms with Crippen LogP contribution in [0.25, 0.3) is 11.3 Å². The van der Waals surface area contributed by atoms with E-state index in [4.69, 9.17) is 9.59 Å². The van der Waals surface area contributed by atoms with Crippen molar-refractivity contribution in [2.75, 3.05) is 0 Å². The molecule has 0 N–H and O–H groups in total. The average molecular weight is 297 g/mol. The third-order valence-corrected chi connectivity index (χ3v) is 2.57. The van der Waals surface area contributed by atoms with Crippen molar-refractivity contribution in [1.82, 2.24) is 14.8 Å². The lowest BCUT2D eigenvalue weighted by atomic mass is 10.1. The topological polar surface area (TPSA) is 74.1 Å². The van der Waals surface area contributed by atoms with Crippen molar-refractivity contribution in [2.45, 2.75) is 20.0 Å². The molecular weight excluding hydrogens is 284 g/mol. The first-order valence-corrected chi connectivity index (χ1v) is 5.94. The Balaban J connectivity index is 0.000000677. The van der Waals surface area contributed by atoms with Crippen LogP contribution in [-0.4, -0.2) is 27.5 Å². The number of carbonyl (C=O) groups excluding carboxylic acids is 2. The SMILES string of the molecule is CCc1cc(-c2cnccc2OC(F)F)n(C)n1.O=C=O. The summed E-state index contributed by atoms with van der Waals surface area (Å²) in [6.45, 7) is -0.878. The zero-order valence-electron chi connectivity index (χ0n) is 11.4. The lowest BCUT2D eigenvalue weighted by molar-refractivity contribution is -0.191. The number of ether oxygens (including phenoxy) is 1. The highest BCUT2D eigenvalue weighted by molar-refractivity contribution is 5.66. The summed E-state index contributed by atoms with van der Waals surface area (Å²) in [6, 6.07) is 3.26. The average Bonchev–Trinajstić information content (AvgIpc) is 2.81. The molecule has 0 aliphatic carbocycles. The van der Waals surface area contributed by atoms with Crippen molar-refractivity contribution in [2.24, 2.45) is 7.05 Å². The number of hydrogen-bond donors (Lipinski definition) is 0. The van der Waals surface area contributed by atoms with Crippen LogP contribution >= 0.6 is 0 Å². The predicted molar refractivity (Wildman–Crippen MR) is 67.5 cm³/mol. The number of alkyl halides is 2. The molecule has 0 fully saturated rings. The minimum absolute atomic E-state index is 0.102. The van der Waals surface area contributed by atoms with Crippen molar-refractivity contribution in [3.8, 4) is 17.0 Å². The van der Waals surface area contributed by atoms with Crippen LogP contribution in [0.15, 0.2) is 24.5 Å². The number of halogens is 2. The molecule has 0 bridgehead atoms. The van der Waals surface area contributed by atoms with Gasteiger partial charge in [0.1, 0.15) is 5.75 Å². The minimum Gasteiger partial charge on any atom is -0.434 e. The third kappa shape index (κ3) is 4.47. The molecule has 0 radical (unpaired) electrons. The molecule has 0 atom stereocenters.